The van der Waals surface area contributed by atoms with Crippen molar-refractivity contribution in [1.82, 2.24) is 4.90 Å². The molecule has 1 amide bonds. The fourth-order valence-electron chi connectivity index (χ4n) is 1.96. The van der Waals surface area contributed by atoms with Crippen molar-refractivity contribution in [3.8, 4) is 0 Å². The topological polar surface area (TPSA) is 46.6 Å². The summed E-state index contributed by atoms with van der Waals surface area (Å²) in [4.78, 5) is 24.2. The predicted molar refractivity (Wildman–Crippen MR) is 66.2 cm³/mol. The molecule has 0 aromatic heterocycles. The number of rotatable bonds is 1. The van der Waals surface area contributed by atoms with Crippen LogP contribution in [0.25, 0.3) is 0 Å². The smallest absolute Gasteiger partial charge is 0.410 e. The summed E-state index contributed by atoms with van der Waals surface area (Å²) in [6, 6.07) is 0. The van der Waals surface area contributed by atoms with Crippen molar-refractivity contribution in [3.63, 3.8) is 0 Å². The molecular formula is C13H21F2NO3. The van der Waals surface area contributed by atoms with Crippen LogP contribution in [0.5, 0.6) is 0 Å². The van der Waals surface area contributed by atoms with Gasteiger partial charge in [-0.2, -0.15) is 0 Å². The van der Waals surface area contributed by atoms with Crippen molar-refractivity contribution < 1.29 is 23.1 Å². The van der Waals surface area contributed by atoms with E-state index in [9.17, 15) is 18.4 Å². The lowest BCUT2D eigenvalue weighted by Gasteiger charge is -2.29. The molecule has 0 unspecified atom stereocenters. The van der Waals surface area contributed by atoms with Crippen molar-refractivity contribution in [2.75, 3.05) is 13.1 Å². The molecule has 0 radical (unpaired) electrons. The van der Waals surface area contributed by atoms with Crippen molar-refractivity contribution >= 4 is 11.9 Å². The third kappa shape index (κ3) is 5.12. The average Bonchev–Trinajstić information content (AvgIpc) is 2.34. The number of halogens is 2. The Morgan fingerprint density at radius 3 is 2.37 bits per heavy atom. The maximum Gasteiger partial charge on any atom is 0.410 e. The summed E-state index contributed by atoms with van der Waals surface area (Å²) in [7, 11) is 0. The highest BCUT2D eigenvalue weighted by atomic mass is 19.3. The molecule has 1 saturated heterocycles. The van der Waals surface area contributed by atoms with E-state index in [1.807, 2.05) is 0 Å². The maximum absolute atomic E-state index is 13.6. The molecule has 0 spiro atoms. The number of ether oxygens (including phenoxy) is 1. The average molecular weight is 277 g/mol. The molecule has 19 heavy (non-hydrogen) atoms. The number of nitrogens with zero attached hydrogens (tertiary/aromatic N) is 1. The zero-order chi connectivity index (χ0) is 14.8. The molecule has 1 aliphatic rings. The fourth-order valence-corrected chi connectivity index (χ4v) is 1.96. The zero-order valence-corrected chi connectivity index (χ0v) is 11.8. The molecule has 1 heterocycles. The van der Waals surface area contributed by atoms with E-state index in [0.29, 0.717) is 0 Å². The van der Waals surface area contributed by atoms with Crippen LogP contribution in [0.4, 0.5) is 13.6 Å². The second-order valence-electron chi connectivity index (χ2n) is 6.06. The minimum Gasteiger partial charge on any atom is -0.444 e. The van der Waals surface area contributed by atoms with Gasteiger partial charge in [-0.05, 0) is 34.1 Å². The molecule has 1 aliphatic heterocycles. The van der Waals surface area contributed by atoms with Crippen molar-refractivity contribution in [3.05, 3.63) is 0 Å². The van der Waals surface area contributed by atoms with Crippen LogP contribution in [-0.4, -0.2) is 41.4 Å². The van der Waals surface area contributed by atoms with E-state index >= 15 is 0 Å². The number of carbonyl (C=O) groups is 2. The molecule has 110 valence electrons. The summed E-state index contributed by atoms with van der Waals surface area (Å²) in [5.41, 5.74) is -0.746. The summed E-state index contributed by atoms with van der Waals surface area (Å²) < 4.78 is 32.3. The molecular weight excluding hydrogens is 256 g/mol. The van der Waals surface area contributed by atoms with E-state index in [0.717, 1.165) is 4.90 Å². The first-order chi connectivity index (χ1) is 8.50. The number of ketones is 1. The highest BCUT2D eigenvalue weighted by molar-refractivity contribution is 5.79. The third-order valence-electron chi connectivity index (χ3n) is 2.95. The van der Waals surface area contributed by atoms with Gasteiger partial charge in [-0.3, -0.25) is 4.79 Å². The molecule has 4 nitrogen and oxygen atoms in total. The summed E-state index contributed by atoms with van der Waals surface area (Å²) in [6.07, 6.45) is -1.07. The molecule has 1 rings (SSSR count). The highest BCUT2D eigenvalue weighted by Gasteiger charge is 2.40. The van der Waals surface area contributed by atoms with Gasteiger partial charge in [0.05, 0.1) is 6.54 Å². The number of hydrogen-bond donors (Lipinski definition) is 0. The van der Waals surface area contributed by atoms with Crippen LogP contribution in [0.2, 0.25) is 0 Å². The van der Waals surface area contributed by atoms with Crippen molar-refractivity contribution in [2.45, 2.75) is 52.1 Å². The summed E-state index contributed by atoms with van der Waals surface area (Å²) in [5, 5.41) is 0. The lowest BCUT2D eigenvalue weighted by Crippen LogP contribution is -2.43. The number of carbonyl (C=O) groups excluding carboxylic acids is 2. The van der Waals surface area contributed by atoms with E-state index in [1.54, 1.807) is 20.8 Å². The zero-order valence-electron chi connectivity index (χ0n) is 11.8. The van der Waals surface area contributed by atoms with Crippen LogP contribution in [0.3, 0.4) is 0 Å². The maximum atomic E-state index is 13.6. The number of alkyl halides is 2. The highest BCUT2D eigenvalue weighted by Crippen LogP contribution is 2.30. The SMILES string of the molecule is CC(=O)[C@@H]1CCC(F)(F)CN(C(=O)OC(C)(C)C)C1. The predicted octanol–water partition coefficient (Wildman–Crippen LogP) is 2.86. The van der Waals surface area contributed by atoms with E-state index in [-0.39, 0.29) is 25.2 Å². The summed E-state index contributed by atoms with van der Waals surface area (Å²) in [6.45, 7) is 5.68. The third-order valence-corrected chi connectivity index (χ3v) is 2.95. The molecule has 0 N–H and O–H groups in total. The Morgan fingerprint density at radius 1 is 1.32 bits per heavy atom. The largest absolute Gasteiger partial charge is 0.444 e. The normalized spacial score (nSPS) is 23.7. The van der Waals surface area contributed by atoms with Crippen LogP contribution in [0.1, 0.15) is 40.5 Å². The van der Waals surface area contributed by atoms with E-state index in [1.165, 1.54) is 6.92 Å². The number of Topliss-reactive ketones (excluding diaryl/α,β-unsaturated/α-hetero) is 1. The second kappa shape index (κ2) is 5.43. The van der Waals surface area contributed by atoms with Crippen LogP contribution in [0.15, 0.2) is 0 Å². The Bertz CT molecular complexity index is 363. The van der Waals surface area contributed by atoms with Gasteiger partial charge in [0.25, 0.3) is 5.92 Å². The Labute approximate surface area is 112 Å². The van der Waals surface area contributed by atoms with Crippen LogP contribution >= 0.6 is 0 Å². The van der Waals surface area contributed by atoms with Gasteiger partial charge in [0.2, 0.25) is 0 Å². The van der Waals surface area contributed by atoms with Gasteiger partial charge in [0.1, 0.15) is 11.4 Å². The quantitative estimate of drug-likeness (QED) is 0.740. The standard InChI is InChI=1S/C13H21F2NO3/c1-9(17)10-5-6-13(14,15)8-16(7-10)11(18)19-12(2,3)4/h10H,5-8H2,1-4H3/t10-/m1/s1. The van der Waals surface area contributed by atoms with Gasteiger partial charge in [-0.1, -0.05) is 0 Å². The molecule has 0 aromatic carbocycles. The van der Waals surface area contributed by atoms with Gasteiger partial charge < -0.3 is 9.64 Å². The monoisotopic (exact) mass is 277 g/mol. The number of amides is 1. The van der Waals surface area contributed by atoms with E-state index in [2.05, 4.69) is 0 Å². The summed E-state index contributed by atoms with van der Waals surface area (Å²) in [5.74, 6) is -3.69. The van der Waals surface area contributed by atoms with E-state index in [4.69, 9.17) is 4.74 Å². The van der Waals surface area contributed by atoms with Gasteiger partial charge in [-0.15, -0.1) is 0 Å². The fraction of sp³-hybridized carbons (Fsp3) is 0.846. The lowest BCUT2D eigenvalue weighted by molar-refractivity contribution is -0.121. The van der Waals surface area contributed by atoms with E-state index < -0.39 is 30.1 Å². The molecule has 1 fully saturated rings. The Balaban J connectivity index is 2.83. The first-order valence-corrected chi connectivity index (χ1v) is 6.36. The Kier molecular flexibility index (Phi) is 4.53. The Hall–Kier alpha value is -1.20. The molecule has 6 heteroatoms. The number of likely N-dealkylation sites (tertiary alicyclic amines) is 1. The summed E-state index contributed by atoms with van der Waals surface area (Å²) >= 11 is 0. The first-order valence-electron chi connectivity index (χ1n) is 6.36. The van der Waals surface area contributed by atoms with Crippen LogP contribution in [-0.2, 0) is 9.53 Å². The Morgan fingerprint density at radius 2 is 1.89 bits per heavy atom. The van der Waals surface area contributed by atoms with Crippen molar-refractivity contribution in [1.29, 1.82) is 0 Å². The molecule has 0 bridgehead atoms. The van der Waals surface area contributed by atoms with Gasteiger partial charge >= 0.3 is 6.09 Å². The van der Waals surface area contributed by atoms with Crippen LogP contribution < -0.4 is 0 Å². The molecule has 0 aromatic rings. The number of hydrogen-bond acceptors (Lipinski definition) is 3. The molecule has 0 saturated carbocycles. The van der Waals surface area contributed by atoms with Gasteiger partial charge in [0, 0.05) is 18.9 Å². The van der Waals surface area contributed by atoms with Crippen LogP contribution in [0, 0.1) is 5.92 Å². The molecule has 1 atom stereocenters. The lowest BCUT2D eigenvalue weighted by atomic mass is 9.99. The van der Waals surface area contributed by atoms with Gasteiger partial charge in [-0.25, -0.2) is 13.6 Å². The minimum absolute atomic E-state index is 0.000162. The first kappa shape index (κ1) is 15.9. The minimum atomic E-state index is -2.97. The van der Waals surface area contributed by atoms with Gasteiger partial charge in [0.15, 0.2) is 0 Å². The molecule has 0 aliphatic carbocycles. The second-order valence-corrected chi connectivity index (χ2v) is 6.06. The van der Waals surface area contributed by atoms with Crippen molar-refractivity contribution in [2.24, 2.45) is 5.92 Å².